The van der Waals surface area contributed by atoms with Crippen LogP contribution in [0.25, 0.3) is 11.5 Å². The van der Waals surface area contributed by atoms with Crippen molar-refractivity contribution in [1.29, 1.82) is 0 Å². The van der Waals surface area contributed by atoms with Gasteiger partial charge in [0.05, 0.1) is 6.26 Å². The van der Waals surface area contributed by atoms with Crippen molar-refractivity contribution in [3.05, 3.63) is 59.2 Å². The number of thiazole rings is 1. The standard InChI is InChI=1S/C14H12N2OS.BrH/c15-14-16-13(11-7-4-8-17-11)12(18-14)9-10-5-2-1-3-6-10;/h1-8H,9H2,(H2,15,16);1H. The molecule has 2 aromatic heterocycles. The predicted molar refractivity (Wildman–Crippen MR) is 83.8 cm³/mol. The summed E-state index contributed by atoms with van der Waals surface area (Å²) in [6.07, 6.45) is 2.48. The van der Waals surface area contributed by atoms with Crippen LogP contribution in [0.5, 0.6) is 0 Å². The van der Waals surface area contributed by atoms with E-state index in [1.165, 1.54) is 16.9 Å². The van der Waals surface area contributed by atoms with Gasteiger partial charge in [0, 0.05) is 11.3 Å². The molecule has 5 heteroatoms. The lowest BCUT2D eigenvalue weighted by Crippen LogP contribution is -1.87. The molecule has 0 aliphatic rings. The summed E-state index contributed by atoms with van der Waals surface area (Å²) >= 11 is 1.51. The minimum atomic E-state index is 0. The number of halogens is 1. The molecule has 0 atom stereocenters. The van der Waals surface area contributed by atoms with Gasteiger partial charge in [-0.25, -0.2) is 4.98 Å². The third-order valence-electron chi connectivity index (χ3n) is 2.68. The van der Waals surface area contributed by atoms with E-state index in [9.17, 15) is 0 Å². The zero-order valence-corrected chi connectivity index (χ0v) is 12.6. The highest BCUT2D eigenvalue weighted by molar-refractivity contribution is 8.93. The van der Waals surface area contributed by atoms with E-state index in [0.29, 0.717) is 5.13 Å². The lowest BCUT2D eigenvalue weighted by atomic mass is 10.1. The number of anilines is 1. The van der Waals surface area contributed by atoms with Crippen molar-refractivity contribution in [2.45, 2.75) is 6.42 Å². The monoisotopic (exact) mass is 336 g/mol. The molecule has 0 fully saturated rings. The first-order valence-electron chi connectivity index (χ1n) is 5.66. The van der Waals surface area contributed by atoms with E-state index in [1.54, 1.807) is 6.26 Å². The molecule has 0 saturated heterocycles. The first-order chi connectivity index (χ1) is 8.83. The highest BCUT2D eigenvalue weighted by Crippen LogP contribution is 2.31. The molecule has 3 nitrogen and oxygen atoms in total. The second-order valence-electron chi connectivity index (χ2n) is 3.96. The van der Waals surface area contributed by atoms with Crippen molar-refractivity contribution in [2.24, 2.45) is 0 Å². The van der Waals surface area contributed by atoms with E-state index in [0.717, 1.165) is 22.8 Å². The van der Waals surface area contributed by atoms with Gasteiger partial charge in [0.25, 0.3) is 0 Å². The zero-order chi connectivity index (χ0) is 12.4. The van der Waals surface area contributed by atoms with E-state index in [2.05, 4.69) is 17.1 Å². The third kappa shape index (κ3) is 3.05. The number of nitrogens with zero attached hydrogens (tertiary/aromatic N) is 1. The molecule has 0 aliphatic carbocycles. The number of benzene rings is 1. The Kier molecular flexibility index (Phi) is 4.39. The fraction of sp³-hybridized carbons (Fsp3) is 0.0714. The number of nitrogens with two attached hydrogens (primary N) is 1. The van der Waals surface area contributed by atoms with E-state index < -0.39 is 0 Å². The van der Waals surface area contributed by atoms with Gasteiger partial charge in [-0.3, -0.25) is 0 Å². The molecule has 0 spiro atoms. The Hall–Kier alpha value is -1.59. The summed E-state index contributed by atoms with van der Waals surface area (Å²) in [4.78, 5) is 5.48. The zero-order valence-electron chi connectivity index (χ0n) is 10.1. The van der Waals surface area contributed by atoms with Gasteiger partial charge in [-0.2, -0.15) is 0 Å². The fourth-order valence-electron chi connectivity index (χ4n) is 1.88. The summed E-state index contributed by atoms with van der Waals surface area (Å²) in [6, 6.07) is 14.0. The van der Waals surface area contributed by atoms with Gasteiger partial charge in [-0.15, -0.1) is 28.3 Å². The molecule has 3 aromatic rings. The SMILES string of the molecule is Br.Nc1nc(-c2ccco2)c(Cc2ccccc2)s1. The van der Waals surface area contributed by atoms with Crippen LogP contribution in [0.3, 0.4) is 0 Å². The van der Waals surface area contributed by atoms with Gasteiger partial charge in [0.2, 0.25) is 0 Å². The normalized spacial score (nSPS) is 10.1. The van der Waals surface area contributed by atoms with Crippen LogP contribution in [0.4, 0.5) is 5.13 Å². The first kappa shape index (κ1) is 13.8. The summed E-state index contributed by atoms with van der Waals surface area (Å²) < 4.78 is 5.40. The average molecular weight is 337 g/mol. The Labute approximate surface area is 125 Å². The smallest absolute Gasteiger partial charge is 0.180 e. The van der Waals surface area contributed by atoms with Crippen LogP contribution in [-0.2, 0) is 6.42 Å². The van der Waals surface area contributed by atoms with Gasteiger partial charge in [0.1, 0.15) is 5.69 Å². The second kappa shape index (κ2) is 6.04. The quantitative estimate of drug-likeness (QED) is 0.781. The maximum absolute atomic E-state index is 5.80. The van der Waals surface area contributed by atoms with Crippen LogP contribution >= 0.6 is 28.3 Å². The van der Waals surface area contributed by atoms with Crippen LogP contribution in [0, 0.1) is 0 Å². The minimum Gasteiger partial charge on any atom is -0.463 e. The summed E-state index contributed by atoms with van der Waals surface area (Å²) in [5.41, 5.74) is 7.90. The third-order valence-corrected chi connectivity index (χ3v) is 3.56. The Balaban J connectivity index is 0.00000133. The molecule has 0 bridgehead atoms. The Morgan fingerprint density at radius 3 is 2.58 bits per heavy atom. The second-order valence-corrected chi connectivity index (χ2v) is 5.08. The molecule has 19 heavy (non-hydrogen) atoms. The van der Waals surface area contributed by atoms with E-state index in [4.69, 9.17) is 10.2 Å². The number of aromatic nitrogens is 1. The fourth-order valence-corrected chi connectivity index (χ4v) is 2.75. The van der Waals surface area contributed by atoms with Crippen molar-refractivity contribution >= 4 is 33.4 Å². The van der Waals surface area contributed by atoms with Gasteiger partial charge in [0.15, 0.2) is 10.9 Å². The molecular weight excluding hydrogens is 324 g/mol. The molecule has 0 saturated carbocycles. The summed E-state index contributed by atoms with van der Waals surface area (Å²) in [6.45, 7) is 0. The number of rotatable bonds is 3. The van der Waals surface area contributed by atoms with E-state index >= 15 is 0 Å². The largest absolute Gasteiger partial charge is 0.463 e. The van der Waals surface area contributed by atoms with E-state index in [1.807, 2.05) is 30.3 Å². The van der Waals surface area contributed by atoms with Crippen molar-refractivity contribution in [3.63, 3.8) is 0 Å². The van der Waals surface area contributed by atoms with Crippen LogP contribution in [0.15, 0.2) is 53.1 Å². The summed E-state index contributed by atoms with van der Waals surface area (Å²) in [5, 5.41) is 0.576. The minimum absolute atomic E-state index is 0. The van der Waals surface area contributed by atoms with E-state index in [-0.39, 0.29) is 17.0 Å². The predicted octanol–water partition coefficient (Wildman–Crippen LogP) is 4.15. The van der Waals surface area contributed by atoms with Gasteiger partial charge in [-0.1, -0.05) is 30.3 Å². The number of hydrogen-bond donors (Lipinski definition) is 1. The molecule has 98 valence electrons. The molecule has 0 aliphatic heterocycles. The Bertz CT molecular complexity index is 635. The summed E-state index contributed by atoms with van der Waals surface area (Å²) in [5.74, 6) is 0.772. The lowest BCUT2D eigenvalue weighted by molar-refractivity contribution is 0.580. The van der Waals surface area contributed by atoms with Crippen molar-refractivity contribution < 1.29 is 4.42 Å². The number of furan rings is 1. The maximum atomic E-state index is 5.80. The molecule has 0 radical (unpaired) electrons. The topological polar surface area (TPSA) is 52.0 Å². The molecule has 0 unspecified atom stereocenters. The number of nitrogen functional groups attached to an aromatic ring is 1. The van der Waals surface area contributed by atoms with Gasteiger partial charge in [-0.05, 0) is 17.7 Å². The van der Waals surface area contributed by atoms with Crippen molar-refractivity contribution in [2.75, 3.05) is 5.73 Å². The molecule has 2 heterocycles. The van der Waals surface area contributed by atoms with Crippen molar-refractivity contribution in [1.82, 2.24) is 4.98 Å². The molecule has 3 rings (SSSR count). The highest BCUT2D eigenvalue weighted by Gasteiger charge is 2.14. The van der Waals surface area contributed by atoms with Gasteiger partial charge < -0.3 is 10.2 Å². The van der Waals surface area contributed by atoms with Crippen LogP contribution < -0.4 is 5.73 Å². The van der Waals surface area contributed by atoms with Crippen molar-refractivity contribution in [3.8, 4) is 11.5 Å². The maximum Gasteiger partial charge on any atom is 0.180 e. The van der Waals surface area contributed by atoms with Crippen LogP contribution in [0.2, 0.25) is 0 Å². The van der Waals surface area contributed by atoms with Crippen LogP contribution in [0.1, 0.15) is 10.4 Å². The lowest BCUT2D eigenvalue weighted by Gasteiger charge is -2.00. The first-order valence-corrected chi connectivity index (χ1v) is 6.47. The Morgan fingerprint density at radius 2 is 1.89 bits per heavy atom. The summed E-state index contributed by atoms with van der Waals surface area (Å²) in [7, 11) is 0. The average Bonchev–Trinajstić information content (AvgIpc) is 3.00. The molecule has 2 N–H and O–H groups in total. The van der Waals surface area contributed by atoms with Gasteiger partial charge >= 0.3 is 0 Å². The molecule has 1 aromatic carbocycles. The highest BCUT2D eigenvalue weighted by atomic mass is 79.9. The number of hydrogen-bond acceptors (Lipinski definition) is 4. The van der Waals surface area contributed by atoms with Crippen LogP contribution in [-0.4, -0.2) is 4.98 Å². The molecular formula is C14H13BrN2OS. The Morgan fingerprint density at radius 1 is 1.11 bits per heavy atom. The molecule has 0 amide bonds.